The molecule has 0 aliphatic carbocycles. The number of hydrogen-bond acceptors (Lipinski definition) is 9. The van der Waals surface area contributed by atoms with E-state index in [0.717, 1.165) is 51.5 Å². The number of nitrogens with one attached hydrogen (secondary N) is 1. The zero-order valence-corrected chi connectivity index (χ0v) is 18.6. The first-order valence-corrected chi connectivity index (χ1v) is 10.8. The highest BCUT2D eigenvalue weighted by Gasteiger charge is 2.26. The zero-order chi connectivity index (χ0) is 25.5. The average Bonchev–Trinajstić information content (AvgIpc) is 2.84. The molecule has 2 aromatic rings. The Kier molecular flexibility index (Phi) is 8.22. The Bertz CT molecular complexity index is 1100. The summed E-state index contributed by atoms with van der Waals surface area (Å²) in [6.07, 6.45) is 1.53. The Morgan fingerprint density at radius 2 is 1.51 bits per heavy atom. The number of para-hydroxylation sites is 1. The van der Waals surface area contributed by atoms with Gasteiger partial charge in [0.25, 0.3) is 17.1 Å². The van der Waals surface area contributed by atoms with E-state index in [9.17, 15) is 40.2 Å². The molecule has 0 spiro atoms. The molecule has 0 bridgehead atoms. The molecule has 1 fully saturated rings. The number of quaternary nitrogens is 1. The lowest BCUT2D eigenvalue weighted by Crippen LogP contribution is -3.14. The lowest BCUT2D eigenvalue weighted by Gasteiger charge is -2.31. The van der Waals surface area contributed by atoms with Gasteiger partial charge in [0.15, 0.2) is 0 Å². The number of aryl methyl sites for hydroxylation is 1. The van der Waals surface area contributed by atoms with Crippen LogP contribution in [0.15, 0.2) is 36.4 Å². The maximum absolute atomic E-state index is 12.1. The fourth-order valence-electron chi connectivity index (χ4n) is 3.88. The van der Waals surface area contributed by atoms with Crippen molar-refractivity contribution < 1.29 is 34.3 Å². The van der Waals surface area contributed by atoms with Gasteiger partial charge in [0.1, 0.15) is 13.1 Å². The van der Waals surface area contributed by atoms with Crippen LogP contribution >= 0.6 is 0 Å². The van der Waals surface area contributed by atoms with Gasteiger partial charge in [-0.2, -0.15) is 0 Å². The zero-order valence-electron chi connectivity index (χ0n) is 18.6. The molecule has 2 aliphatic heterocycles. The number of carbonyl (C=O) groups excluding carboxylic acids is 1. The number of hydrogen-bond donors (Lipinski definition) is 1. The fourth-order valence-corrected chi connectivity index (χ4v) is 3.88. The third-order valence-corrected chi connectivity index (χ3v) is 5.72. The summed E-state index contributed by atoms with van der Waals surface area (Å²) < 4.78 is 5.37. The van der Waals surface area contributed by atoms with E-state index in [1.165, 1.54) is 5.56 Å². The van der Waals surface area contributed by atoms with Crippen molar-refractivity contribution in [2.45, 2.75) is 12.8 Å². The summed E-state index contributed by atoms with van der Waals surface area (Å²) in [5, 5.41) is 42.1. The highest BCUT2D eigenvalue weighted by atomic mass is 16.6. The molecule has 0 radical (unpaired) electrons. The number of amides is 1. The molecule has 2 aromatic carbocycles. The molecule has 0 unspecified atom stereocenters. The second kappa shape index (κ2) is 11.3. The second-order valence-electron chi connectivity index (χ2n) is 7.87. The standard InChI is InChI=1S/C15H20N2O2.C6H3N3O7/c18-15-6-5-13-3-1-2-4-14(13)17(15)8-7-16-9-11-19-12-10-16;10-6-4(8(13)14)1-3(7(11)12)2-5(6)9(15)16/h1-4H,5-12H2;1-2,10H. The summed E-state index contributed by atoms with van der Waals surface area (Å²) in [5.74, 6) is -1.19. The molecule has 0 saturated carbocycles. The minimum atomic E-state index is -1.46. The van der Waals surface area contributed by atoms with Crippen molar-refractivity contribution in [1.82, 2.24) is 0 Å². The number of anilines is 1. The van der Waals surface area contributed by atoms with E-state index in [1.54, 1.807) is 4.90 Å². The molecule has 2 aliphatic rings. The highest BCUT2D eigenvalue weighted by molar-refractivity contribution is 5.96. The normalized spacial score (nSPS) is 15.5. The lowest BCUT2D eigenvalue weighted by molar-refractivity contribution is -0.906. The van der Waals surface area contributed by atoms with Crippen molar-refractivity contribution in [2.24, 2.45) is 0 Å². The van der Waals surface area contributed by atoms with Crippen LogP contribution in [0.3, 0.4) is 0 Å². The average molecular weight is 489 g/mol. The maximum atomic E-state index is 12.1. The van der Waals surface area contributed by atoms with Crippen molar-refractivity contribution in [3.05, 3.63) is 72.3 Å². The van der Waals surface area contributed by atoms with Crippen LogP contribution in [0, 0.1) is 30.3 Å². The highest BCUT2D eigenvalue weighted by Crippen LogP contribution is 2.36. The number of fused-ring (bicyclic) bond motifs is 1. The van der Waals surface area contributed by atoms with Crippen LogP contribution in [0.25, 0.3) is 0 Å². The molecule has 1 saturated heterocycles. The molecular weight excluding hydrogens is 466 g/mol. The monoisotopic (exact) mass is 489 g/mol. The third kappa shape index (κ3) is 6.24. The van der Waals surface area contributed by atoms with Crippen molar-refractivity contribution in [1.29, 1.82) is 0 Å². The number of rotatable bonds is 6. The topological polar surface area (TPSA) is 186 Å². The Hall–Kier alpha value is -4.17. The van der Waals surface area contributed by atoms with Gasteiger partial charge in [0, 0.05) is 12.1 Å². The Morgan fingerprint density at radius 3 is 2.09 bits per heavy atom. The number of morpholine rings is 1. The van der Waals surface area contributed by atoms with Gasteiger partial charge in [-0.25, -0.2) is 0 Å². The number of nitro groups is 3. The molecule has 14 nitrogen and oxygen atoms in total. The van der Waals surface area contributed by atoms with E-state index in [1.807, 2.05) is 11.0 Å². The maximum Gasteiger partial charge on any atom is 0.283 e. The van der Waals surface area contributed by atoms with Crippen molar-refractivity contribution in [3.63, 3.8) is 0 Å². The minimum absolute atomic E-state index is 0.270. The molecule has 0 aromatic heterocycles. The number of ether oxygens (including phenoxy) is 1. The number of nitro benzene ring substituents is 3. The Balaban J connectivity index is 0.000000199. The Morgan fingerprint density at radius 1 is 0.914 bits per heavy atom. The second-order valence-corrected chi connectivity index (χ2v) is 7.87. The van der Waals surface area contributed by atoms with Gasteiger partial charge in [0.05, 0.1) is 59.0 Å². The molecule has 186 valence electrons. The van der Waals surface area contributed by atoms with Gasteiger partial charge in [-0.05, 0) is 18.1 Å². The third-order valence-electron chi connectivity index (χ3n) is 5.72. The molecule has 4 rings (SSSR count). The summed E-state index contributed by atoms with van der Waals surface area (Å²) in [4.78, 5) is 43.2. The van der Waals surface area contributed by atoms with Crippen LogP contribution in [-0.2, 0) is 16.0 Å². The van der Waals surface area contributed by atoms with Crippen LogP contribution in [-0.4, -0.2) is 60.1 Å². The predicted molar refractivity (Wildman–Crippen MR) is 119 cm³/mol. The van der Waals surface area contributed by atoms with Crippen LogP contribution < -0.4 is 14.9 Å². The van der Waals surface area contributed by atoms with Crippen LogP contribution in [0.1, 0.15) is 12.0 Å². The first-order valence-electron chi connectivity index (χ1n) is 10.8. The first kappa shape index (κ1) is 25.5. The number of benzene rings is 2. The van der Waals surface area contributed by atoms with Crippen molar-refractivity contribution >= 4 is 28.7 Å². The molecule has 14 heteroatoms. The van der Waals surface area contributed by atoms with Gasteiger partial charge in [0.2, 0.25) is 5.91 Å². The summed E-state index contributed by atoms with van der Waals surface area (Å²) in [7, 11) is 0. The van der Waals surface area contributed by atoms with Crippen LogP contribution in [0.2, 0.25) is 0 Å². The molecular formula is C21H23N5O9. The summed E-state index contributed by atoms with van der Waals surface area (Å²) in [6.45, 7) is 5.65. The Labute approximate surface area is 198 Å². The van der Waals surface area contributed by atoms with Crippen LogP contribution in [0.5, 0.6) is 5.75 Å². The quantitative estimate of drug-likeness (QED) is 0.442. The van der Waals surface area contributed by atoms with Gasteiger partial charge in [-0.15, -0.1) is 0 Å². The summed E-state index contributed by atoms with van der Waals surface area (Å²) in [5.41, 5.74) is -0.842. The van der Waals surface area contributed by atoms with E-state index in [4.69, 9.17) is 4.74 Å². The lowest BCUT2D eigenvalue weighted by atomic mass is 10.0. The molecule has 1 amide bonds. The largest absolute Gasteiger partial charge is 0.863 e. The SMILES string of the molecule is O=C1CCc2ccccc2N1CC[NH+]1CCOCC1.O=[N+]([O-])c1cc([N+](=O)[O-])c([O-])c([N+](=O)[O-])c1. The van der Waals surface area contributed by atoms with Gasteiger partial charge in [-0.3, -0.25) is 35.1 Å². The van der Waals surface area contributed by atoms with Gasteiger partial charge >= 0.3 is 0 Å². The van der Waals surface area contributed by atoms with Crippen molar-refractivity contribution in [2.75, 3.05) is 44.3 Å². The number of nitrogens with zero attached hydrogens (tertiary/aromatic N) is 4. The van der Waals surface area contributed by atoms with E-state index in [2.05, 4.69) is 18.2 Å². The number of non-ortho nitro benzene ring substituents is 1. The smallest absolute Gasteiger partial charge is 0.283 e. The first-order chi connectivity index (χ1) is 16.7. The van der Waals surface area contributed by atoms with Gasteiger partial charge in [-0.1, -0.05) is 18.2 Å². The van der Waals surface area contributed by atoms with E-state index in [-0.39, 0.29) is 5.91 Å². The summed E-state index contributed by atoms with van der Waals surface area (Å²) in [6, 6.07) is 9.05. The molecule has 1 N–H and O–H groups in total. The summed E-state index contributed by atoms with van der Waals surface area (Å²) >= 11 is 0. The number of carbonyl (C=O) groups is 1. The van der Waals surface area contributed by atoms with Crippen LogP contribution in [0.4, 0.5) is 22.7 Å². The van der Waals surface area contributed by atoms with E-state index < -0.39 is 37.6 Å². The fraction of sp³-hybridized carbons (Fsp3) is 0.381. The van der Waals surface area contributed by atoms with Gasteiger partial charge < -0.3 is 19.6 Å². The van der Waals surface area contributed by atoms with E-state index >= 15 is 0 Å². The van der Waals surface area contributed by atoms with Crippen molar-refractivity contribution in [3.8, 4) is 5.75 Å². The predicted octanol–water partition coefficient (Wildman–Crippen LogP) is 0.366. The minimum Gasteiger partial charge on any atom is -0.863 e. The molecule has 2 heterocycles. The molecule has 0 atom stereocenters. The molecule has 35 heavy (non-hydrogen) atoms. The van der Waals surface area contributed by atoms with E-state index in [0.29, 0.717) is 18.6 Å².